The molecule has 0 spiro atoms. The minimum Gasteiger partial charge on any atom is -0.545 e. The molecule has 18 heteroatoms. The Morgan fingerprint density at radius 1 is 0.320 bits per heavy atom. The number of carbonyl (C=O) groups is 8. The summed E-state index contributed by atoms with van der Waals surface area (Å²) < 4.78 is 0. The van der Waals surface area contributed by atoms with Gasteiger partial charge in [0.05, 0.1) is 46.1 Å². The average Bonchev–Trinajstić information content (AvgIpc) is 3.05. The van der Waals surface area contributed by atoms with Crippen LogP contribution in [0.2, 0.25) is 0 Å². The first kappa shape index (κ1) is 46.5. The number of hydrogen-bond donors (Lipinski definition) is 4. The first-order valence-electron chi connectivity index (χ1n) is 12.7. The van der Waals surface area contributed by atoms with E-state index in [1.165, 1.54) is 97.1 Å². The van der Waals surface area contributed by atoms with Gasteiger partial charge < -0.3 is 60.0 Å². The van der Waals surface area contributed by atoms with E-state index in [0.717, 1.165) is 0 Å². The monoisotopic (exact) mass is 710 g/mol. The van der Waals surface area contributed by atoms with Crippen LogP contribution in [0, 0.1) is 0 Å². The van der Waals surface area contributed by atoms with E-state index < -0.39 is 47.8 Å². The van der Waals surface area contributed by atoms with E-state index in [0.29, 0.717) is 0 Å². The molecule has 0 aliphatic carbocycles. The molecule has 0 amide bonds. The van der Waals surface area contributed by atoms with E-state index in [9.17, 15) is 58.8 Å². The van der Waals surface area contributed by atoms with Crippen LogP contribution in [0.25, 0.3) is 0 Å². The van der Waals surface area contributed by atoms with Gasteiger partial charge in [-0.1, -0.05) is 72.8 Å². The molecule has 0 fully saturated rings. The summed E-state index contributed by atoms with van der Waals surface area (Å²) in [6.45, 7) is 0. The van der Waals surface area contributed by atoms with Crippen LogP contribution in [0.4, 0.5) is 0 Å². The maximum absolute atomic E-state index is 10.4. The van der Waals surface area contributed by atoms with E-state index in [2.05, 4.69) is 0 Å². The second kappa shape index (κ2) is 22.8. The third kappa shape index (κ3) is 14.6. The number of aromatic carboxylic acids is 8. The molecule has 50 heavy (non-hydrogen) atoms. The molecule has 0 heterocycles. The Bertz CT molecular complexity index is 1470. The van der Waals surface area contributed by atoms with E-state index in [-0.39, 0.29) is 104 Å². The van der Waals surface area contributed by atoms with Crippen molar-refractivity contribution in [3.05, 3.63) is 142 Å². The van der Waals surface area contributed by atoms with E-state index >= 15 is 0 Å². The van der Waals surface area contributed by atoms with Gasteiger partial charge in [-0.2, -0.15) is 0 Å². The smallest absolute Gasteiger partial charge is 0.545 e. The van der Waals surface area contributed by atoms with Crippen LogP contribution < -0.4 is 71.8 Å². The van der Waals surface area contributed by atoms with Crippen LogP contribution in [0.3, 0.4) is 0 Å². The molecule has 4 N–H and O–H groups in total. The van der Waals surface area contributed by atoms with E-state index in [1.807, 2.05) is 0 Å². The van der Waals surface area contributed by atoms with Gasteiger partial charge in [-0.3, -0.25) is 0 Å². The molecule has 4 rings (SSSR count). The van der Waals surface area contributed by atoms with Crippen molar-refractivity contribution in [3.63, 3.8) is 0 Å². The topological polar surface area (TPSA) is 310 Å². The van der Waals surface area contributed by atoms with Crippen molar-refractivity contribution in [2.45, 2.75) is 0 Å². The summed E-state index contributed by atoms with van der Waals surface area (Å²) in [4.78, 5) is 83.1. The molecule has 0 atom stereocenters. The molecule has 0 saturated heterocycles. The Morgan fingerprint density at radius 2 is 0.440 bits per heavy atom. The van der Waals surface area contributed by atoms with Gasteiger partial charge in [0, 0.05) is 22.3 Å². The largest absolute Gasteiger partial charge is 3.00 e. The summed E-state index contributed by atoms with van der Waals surface area (Å²) in [7, 11) is 0. The molecular weight excluding hydrogens is 690 g/mol. The average molecular weight is 710 g/mol. The molecule has 0 radical (unpaired) electrons. The van der Waals surface area contributed by atoms with Crippen LogP contribution in [0.1, 0.15) is 82.9 Å². The van der Waals surface area contributed by atoms with Crippen LogP contribution in [0.15, 0.2) is 97.1 Å². The molecule has 0 unspecified atom stereocenters. The summed E-state index contributed by atoms with van der Waals surface area (Å²) in [6.07, 6.45) is 0. The molecule has 0 saturated carbocycles. The van der Waals surface area contributed by atoms with Gasteiger partial charge in [0.2, 0.25) is 0 Å². The third-order valence-electron chi connectivity index (χ3n) is 5.51. The van der Waals surface area contributed by atoms with Crippen molar-refractivity contribution >= 4 is 56.2 Å². The fourth-order valence-corrected chi connectivity index (χ4v) is 3.39. The number of carbonyl (C=O) groups excluding carboxylic acids is 4. The number of carboxylic acid groups (broad SMARTS) is 8. The van der Waals surface area contributed by atoms with Crippen molar-refractivity contribution in [1.29, 1.82) is 0 Å². The molecule has 4 aromatic carbocycles. The molecular formula is C32H20BKO16. The number of benzene rings is 4. The molecule has 0 aliphatic rings. The fraction of sp³-hybridized carbons (Fsp3) is 0. The first-order valence-corrected chi connectivity index (χ1v) is 12.7. The molecule has 4 aromatic rings. The van der Waals surface area contributed by atoms with Gasteiger partial charge in [0.15, 0.2) is 0 Å². The molecule has 0 bridgehead atoms. The number of carboxylic acids is 8. The van der Waals surface area contributed by atoms with Crippen LogP contribution in [-0.4, -0.2) is 76.6 Å². The molecule has 16 nitrogen and oxygen atoms in total. The summed E-state index contributed by atoms with van der Waals surface area (Å²) in [5.41, 5.74) is -2.21. The van der Waals surface area contributed by atoms with Crippen molar-refractivity contribution in [1.82, 2.24) is 0 Å². The zero-order chi connectivity index (χ0) is 36.6. The SMILES string of the molecule is O=C([O-])c1ccccc1C(=O)O.O=C([O-])c1ccccc1C(=O)O.O=C([O-])c1ccccc1C(=O)O.O=C([O-])c1ccccc1C(=O)O.[B+3].[K+]. The van der Waals surface area contributed by atoms with Crippen molar-refractivity contribution in [2.75, 3.05) is 0 Å². The second-order valence-corrected chi connectivity index (χ2v) is 8.55. The molecule has 0 aliphatic heterocycles. The van der Waals surface area contributed by atoms with Gasteiger partial charge in [0.1, 0.15) is 0 Å². The molecule has 248 valence electrons. The van der Waals surface area contributed by atoms with Crippen LogP contribution >= 0.6 is 0 Å². The van der Waals surface area contributed by atoms with Crippen LogP contribution in [-0.2, 0) is 0 Å². The normalized spacial score (nSPS) is 8.96. The van der Waals surface area contributed by atoms with Gasteiger partial charge >= 0.3 is 83.7 Å². The maximum Gasteiger partial charge on any atom is 3.00 e. The summed E-state index contributed by atoms with van der Waals surface area (Å²) in [5, 5.41) is 75.5. The van der Waals surface area contributed by atoms with Gasteiger partial charge in [-0.05, 0) is 24.3 Å². The number of hydrogen-bond acceptors (Lipinski definition) is 12. The zero-order valence-electron chi connectivity index (χ0n) is 25.5. The van der Waals surface area contributed by atoms with Gasteiger partial charge in [0.25, 0.3) is 0 Å². The summed E-state index contributed by atoms with van der Waals surface area (Å²) >= 11 is 0. The van der Waals surface area contributed by atoms with Gasteiger partial charge in [-0.25, -0.2) is 19.2 Å². The summed E-state index contributed by atoms with van der Waals surface area (Å²) in [5.74, 6) is -11.0. The van der Waals surface area contributed by atoms with Crippen molar-refractivity contribution < 1.29 is 131 Å². The predicted octanol–water partition coefficient (Wildman–Crippen LogP) is -4.38. The predicted molar refractivity (Wildman–Crippen MR) is 157 cm³/mol. The Labute approximate surface area is 325 Å². The van der Waals surface area contributed by atoms with Crippen molar-refractivity contribution in [2.24, 2.45) is 0 Å². The first-order chi connectivity index (χ1) is 22.5. The third-order valence-corrected chi connectivity index (χ3v) is 5.51. The molecule has 0 aromatic heterocycles. The number of rotatable bonds is 8. The standard InChI is InChI=1S/4C8H6O4.B.K/c4*9-7(10)5-3-1-2-4-6(5)8(11)12;;/h4*1-4H,(H,9,10)(H,11,12);;/q;;;;+3;+1/p-4. The zero-order valence-corrected chi connectivity index (χ0v) is 28.6. The quantitative estimate of drug-likeness (QED) is 0.126. The van der Waals surface area contributed by atoms with E-state index in [4.69, 9.17) is 20.4 Å². The van der Waals surface area contributed by atoms with E-state index in [1.54, 1.807) is 0 Å². The fourth-order valence-electron chi connectivity index (χ4n) is 3.39. The Kier molecular flexibility index (Phi) is 21.2. The van der Waals surface area contributed by atoms with Gasteiger partial charge in [-0.15, -0.1) is 0 Å². The van der Waals surface area contributed by atoms with Crippen LogP contribution in [0.5, 0.6) is 0 Å². The second-order valence-electron chi connectivity index (χ2n) is 8.55. The van der Waals surface area contributed by atoms with Crippen molar-refractivity contribution in [3.8, 4) is 0 Å². The maximum atomic E-state index is 10.4. The minimum atomic E-state index is -1.48. The minimum absolute atomic E-state index is 0. The Hall–Kier alpha value is -5.66. The Balaban J connectivity index is 0. The Morgan fingerprint density at radius 3 is 0.520 bits per heavy atom. The summed E-state index contributed by atoms with van der Waals surface area (Å²) in [6, 6.07) is 21.2.